The zero-order chi connectivity index (χ0) is 16.7. The number of aromatic nitrogens is 1. The minimum absolute atomic E-state index is 0.0455. The Morgan fingerprint density at radius 3 is 2.78 bits per heavy atom. The van der Waals surface area contributed by atoms with Crippen LogP contribution in [0.5, 0.6) is 0 Å². The molecule has 5 nitrogen and oxygen atoms in total. The second kappa shape index (κ2) is 5.74. The zero-order valence-corrected chi connectivity index (χ0v) is 13.4. The van der Waals surface area contributed by atoms with Crippen molar-refractivity contribution in [1.82, 2.24) is 4.57 Å². The second-order valence-corrected chi connectivity index (χ2v) is 6.24. The molecule has 2 heterocycles. The van der Waals surface area contributed by atoms with E-state index in [1.54, 1.807) is 18.2 Å². The molecule has 0 spiro atoms. The number of carboxylic acids is 1. The number of carboxylic acid groups (broad SMARTS) is 1. The van der Waals surface area contributed by atoms with Crippen LogP contribution in [0.15, 0.2) is 35.1 Å². The predicted octanol–water partition coefficient (Wildman–Crippen LogP) is 3.27. The third kappa shape index (κ3) is 2.61. The molecular weight excluding hydrogens is 316 g/mol. The quantitative estimate of drug-likeness (QED) is 0.845. The molecule has 0 radical (unpaired) electrons. The summed E-state index contributed by atoms with van der Waals surface area (Å²) in [6, 6.07) is 7.59. The lowest BCUT2D eigenvalue weighted by Crippen LogP contribution is -2.27. The molecule has 0 bridgehead atoms. The van der Waals surface area contributed by atoms with Gasteiger partial charge in [-0.05, 0) is 42.7 Å². The number of carbonyl (C=O) groups is 1. The van der Waals surface area contributed by atoms with Crippen molar-refractivity contribution in [2.45, 2.75) is 31.7 Å². The van der Waals surface area contributed by atoms with Gasteiger partial charge < -0.3 is 10.8 Å². The van der Waals surface area contributed by atoms with Crippen LogP contribution in [0.4, 0.5) is 5.69 Å². The molecule has 1 aromatic heterocycles. The molecule has 3 rings (SSSR count). The highest BCUT2D eigenvalue weighted by molar-refractivity contribution is 6.31. The molecule has 0 saturated heterocycles. The van der Waals surface area contributed by atoms with Crippen LogP contribution in [0.3, 0.4) is 0 Å². The number of benzene rings is 1. The Kier molecular flexibility index (Phi) is 3.90. The molecule has 0 amide bonds. The number of nitrogens with zero attached hydrogens (tertiary/aromatic N) is 1. The van der Waals surface area contributed by atoms with Crippen molar-refractivity contribution < 1.29 is 9.90 Å². The summed E-state index contributed by atoms with van der Waals surface area (Å²) in [6.07, 6.45) is 1.22. The molecule has 0 aliphatic carbocycles. The van der Waals surface area contributed by atoms with Gasteiger partial charge in [-0.15, -0.1) is 0 Å². The van der Waals surface area contributed by atoms with Crippen molar-refractivity contribution in [3.05, 3.63) is 51.4 Å². The van der Waals surface area contributed by atoms with E-state index in [1.807, 2.05) is 13.0 Å². The summed E-state index contributed by atoms with van der Waals surface area (Å²) in [7, 11) is 0. The fraction of sp³-hybridized carbons (Fsp3) is 0.294. The number of aliphatic carboxylic acids is 1. The van der Waals surface area contributed by atoms with Crippen molar-refractivity contribution in [3.8, 4) is 11.1 Å². The maximum absolute atomic E-state index is 12.5. The van der Waals surface area contributed by atoms with E-state index in [0.717, 1.165) is 12.1 Å². The normalized spacial score (nSPS) is 19.6. The number of anilines is 1. The van der Waals surface area contributed by atoms with Crippen molar-refractivity contribution in [2.24, 2.45) is 0 Å². The highest BCUT2D eigenvalue weighted by atomic mass is 35.5. The Labute approximate surface area is 138 Å². The first-order valence-electron chi connectivity index (χ1n) is 7.47. The molecule has 3 N–H and O–H groups in total. The van der Waals surface area contributed by atoms with Gasteiger partial charge in [0.25, 0.3) is 5.56 Å². The summed E-state index contributed by atoms with van der Waals surface area (Å²) >= 11 is 6.03. The monoisotopic (exact) mass is 332 g/mol. The SMILES string of the molecule is CCC1C[C@@H](C(=O)O)n2c1cc(-c1cc(Cl)ccc1N)cc2=O. The molecule has 1 aliphatic heterocycles. The van der Waals surface area contributed by atoms with Crippen LogP contribution in [0, 0.1) is 0 Å². The van der Waals surface area contributed by atoms with Crippen LogP contribution < -0.4 is 11.3 Å². The van der Waals surface area contributed by atoms with E-state index in [-0.39, 0.29) is 11.5 Å². The molecule has 1 aliphatic rings. The molecule has 2 aromatic rings. The predicted molar refractivity (Wildman–Crippen MR) is 89.9 cm³/mol. The lowest BCUT2D eigenvalue weighted by molar-refractivity contribution is -0.140. The first-order valence-corrected chi connectivity index (χ1v) is 7.84. The third-order valence-electron chi connectivity index (χ3n) is 4.44. The van der Waals surface area contributed by atoms with Crippen LogP contribution in [0.1, 0.15) is 37.4 Å². The van der Waals surface area contributed by atoms with Gasteiger partial charge in [-0.3, -0.25) is 9.36 Å². The Morgan fingerprint density at radius 1 is 1.39 bits per heavy atom. The van der Waals surface area contributed by atoms with Crippen molar-refractivity contribution in [1.29, 1.82) is 0 Å². The average Bonchev–Trinajstić information content (AvgIpc) is 2.89. The van der Waals surface area contributed by atoms with E-state index >= 15 is 0 Å². The van der Waals surface area contributed by atoms with Gasteiger partial charge in [0.15, 0.2) is 0 Å². The van der Waals surface area contributed by atoms with Crippen LogP contribution in [0.25, 0.3) is 11.1 Å². The van der Waals surface area contributed by atoms with Crippen LogP contribution >= 0.6 is 11.6 Å². The molecule has 120 valence electrons. The summed E-state index contributed by atoms with van der Waals surface area (Å²) in [5, 5.41) is 9.90. The molecule has 1 unspecified atom stereocenters. The molecule has 6 heteroatoms. The highest BCUT2D eigenvalue weighted by Gasteiger charge is 2.35. The highest BCUT2D eigenvalue weighted by Crippen LogP contribution is 2.39. The number of nitrogens with two attached hydrogens (primary N) is 1. The molecule has 2 atom stereocenters. The maximum Gasteiger partial charge on any atom is 0.326 e. The van der Waals surface area contributed by atoms with Crippen molar-refractivity contribution >= 4 is 23.3 Å². The van der Waals surface area contributed by atoms with E-state index in [0.29, 0.717) is 28.3 Å². The van der Waals surface area contributed by atoms with Gasteiger partial charge in [-0.1, -0.05) is 18.5 Å². The van der Waals surface area contributed by atoms with Gasteiger partial charge in [-0.2, -0.15) is 0 Å². The molecule has 0 fully saturated rings. The summed E-state index contributed by atoms with van der Waals surface area (Å²) < 4.78 is 1.39. The number of nitrogen functional groups attached to an aromatic ring is 1. The fourth-order valence-electron chi connectivity index (χ4n) is 3.27. The van der Waals surface area contributed by atoms with E-state index in [1.165, 1.54) is 10.6 Å². The first kappa shape index (κ1) is 15.6. The maximum atomic E-state index is 12.5. The van der Waals surface area contributed by atoms with E-state index in [4.69, 9.17) is 17.3 Å². The number of hydrogen-bond donors (Lipinski definition) is 2. The smallest absolute Gasteiger partial charge is 0.326 e. The number of hydrogen-bond acceptors (Lipinski definition) is 3. The fourth-order valence-corrected chi connectivity index (χ4v) is 3.44. The summed E-state index contributed by atoms with van der Waals surface area (Å²) in [5.41, 5.74) is 8.32. The first-order chi connectivity index (χ1) is 10.9. The van der Waals surface area contributed by atoms with E-state index in [2.05, 4.69) is 0 Å². The van der Waals surface area contributed by atoms with E-state index < -0.39 is 12.0 Å². The lowest BCUT2D eigenvalue weighted by Gasteiger charge is -2.13. The Hall–Kier alpha value is -2.27. The Bertz CT molecular complexity index is 844. The van der Waals surface area contributed by atoms with Gasteiger partial charge in [0.05, 0.1) is 0 Å². The number of rotatable bonds is 3. The molecule has 1 aromatic carbocycles. The molecule has 0 saturated carbocycles. The molecule has 23 heavy (non-hydrogen) atoms. The minimum atomic E-state index is -0.973. The zero-order valence-electron chi connectivity index (χ0n) is 12.6. The largest absolute Gasteiger partial charge is 0.480 e. The Balaban J connectivity index is 2.21. The van der Waals surface area contributed by atoms with Gasteiger partial charge in [-0.25, -0.2) is 4.79 Å². The van der Waals surface area contributed by atoms with Crippen LogP contribution in [-0.4, -0.2) is 15.6 Å². The number of halogens is 1. The lowest BCUT2D eigenvalue weighted by atomic mass is 9.96. The van der Waals surface area contributed by atoms with Gasteiger partial charge in [0, 0.05) is 34.0 Å². The van der Waals surface area contributed by atoms with Crippen molar-refractivity contribution in [3.63, 3.8) is 0 Å². The standard InChI is InChI=1S/C17H17ClN2O3/c1-2-9-5-15(17(22)23)20-14(9)6-10(7-16(20)21)12-8-11(18)3-4-13(12)19/h3-4,6-9,15H,2,5,19H2,1H3,(H,22,23)/t9?,15-/m0/s1. The number of pyridine rings is 1. The second-order valence-electron chi connectivity index (χ2n) is 5.80. The summed E-state index contributed by atoms with van der Waals surface area (Å²) in [5.74, 6) is -0.927. The van der Waals surface area contributed by atoms with Crippen LogP contribution in [-0.2, 0) is 4.79 Å². The number of fused-ring (bicyclic) bond motifs is 1. The molecular formula is C17H17ClN2O3. The summed E-state index contributed by atoms with van der Waals surface area (Å²) in [6.45, 7) is 1.99. The Morgan fingerprint density at radius 2 is 2.13 bits per heavy atom. The van der Waals surface area contributed by atoms with Gasteiger partial charge in [0.2, 0.25) is 0 Å². The van der Waals surface area contributed by atoms with Crippen LogP contribution in [0.2, 0.25) is 5.02 Å². The van der Waals surface area contributed by atoms with Gasteiger partial charge in [0.1, 0.15) is 6.04 Å². The van der Waals surface area contributed by atoms with E-state index in [9.17, 15) is 14.7 Å². The summed E-state index contributed by atoms with van der Waals surface area (Å²) in [4.78, 5) is 23.9. The van der Waals surface area contributed by atoms with Gasteiger partial charge >= 0.3 is 5.97 Å². The average molecular weight is 333 g/mol. The van der Waals surface area contributed by atoms with Crippen molar-refractivity contribution in [2.75, 3.05) is 5.73 Å². The topological polar surface area (TPSA) is 85.3 Å². The third-order valence-corrected chi connectivity index (χ3v) is 4.67. The minimum Gasteiger partial charge on any atom is -0.480 e.